The lowest BCUT2D eigenvalue weighted by atomic mass is 9.75. The first-order valence-corrected chi connectivity index (χ1v) is 8.66. The van der Waals surface area contributed by atoms with Crippen molar-refractivity contribution in [1.29, 1.82) is 0 Å². The molecule has 0 spiro atoms. The van der Waals surface area contributed by atoms with E-state index in [1.165, 1.54) is 43.4 Å². The van der Waals surface area contributed by atoms with Gasteiger partial charge in [0.15, 0.2) is 0 Å². The van der Waals surface area contributed by atoms with Crippen molar-refractivity contribution >= 4 is 33.2 Å². The minimum Gasteiger partial charge on any atom is -0.495 e. The van der Waals surface area contributed by atoms with Crippen LogP contribution in [0, 0.1) is 5.41 Å². The summed E-state index contributed by atoms with van der Waals surface area (Å²) in [7, 11) is 1.60. The third-order valence-electron chi connectivity index (χ3n) is 3.88. The maximum absolute atomic E-state index is 12.2. The van der Waals surface area contributed by atoms with Gasteiger partial charge in [0.25, 0.3) is 5.91 Å². The summed E-state index contributed by atoms with van der Waals surface area (Å²) < 4.78 is 5.19. The zero-order valence-electron chi connectivity index (χ0n) is 11.2. The summed E-state index contributed by atoms with van der Waals surface area (Å²) in [6, 6.07) is 1.83. The number of rotatable bonds is 5. The average molecular weight is 346 g/mol. The predicted molar refractivity (Wildman–Crippen MR) is 82.5 cm³/mol. The molecule has 0 unspecified atom stereocenters. The molecule has 1 saturated carbocycles. The van der Waals surface area contributed by atoms with E-state index < -0.39 is 0 Å². The number of carbonyl (C=O) groups is 1. The fourth-order valence-electron chi connectivity index (χ4n) is 2.63. The minimum absolute atomic E-state index is 0.0160. The van der Waals surface area contributed by atoms with Crippen molar-refractivity contribution in [2.45, 2.75) is 32.1 Å². The monoisotopic (exact) mass is 345 g/mol. The highest BCUT2D eigenvalue weighted by Crippen LogP contribution is 2.37. The largest absolute Gasteiger partial charge is 0.495 e. The molecule has 5 heteroatoms. The first-order valence-electron chi connectivity index (χ1n) is 6.66. The third-order valence-corrected chi connectivity index (χ3v) is 5.96. The van der Waals surface area contributed by atoms with Gasteiger partial charge in [0, 0.05) is 11.9 Å². The molecule has 1 fully saturated rings. The molecule has 1 aromatic rings. The van der Waals surface area contributed by atoms with Crippen LogP contribution >= 0.6 is 27.3 Å². The zero-order valence-corrected chi connectivity index (χ0v) is 13.6. The van der Waals surface area contributed by atoms with Crippen molar-refractivity contribution < 1.29 is 9.53 Å². The summed E-state index contributed by atoms with van der Waals surface area (Å²) in [4.78, 5) is 12.9. The molecule has 19 heavy (non-hydrogen) atoms. The van der Waals surface area contributed by atoms with E-state index >= 15 is 0 Å². The molecule has 1 heterocycles. The Labute approximate surface area is 126 Å². The van der Waals surface area contributed by atoms with Crippen LogP contribution in [0.25, 0.3) is 0 Å². The summed E-state index contributed by atoms with van der Waals surface area (Å²) in [5.41, 5.74) is 0.235. The number of thiophene rings is 1. The molecule has 1 aliphatic carbocycles. The Bertz CT molecular complexity index is 427. The molecule has 0 saturated heterocycles. The summed E-state index contributed by atoms with van der Waals surface area (Å²) in [6.45, 7) is 0.748. The van der Waals surface area contributed by atoms with Crippen molar-refractivity contribution in [3.8, 4) is 5.75 Å². The molecule has 1 aliphatic rings. The van der Waals surface area contributed by atoms with Crippen LogP contribution < -0.4 is 10.1 Å². The summed E-state index contributed by atoms with van der Waals surface area (Å²) in [5.74, 6) is 0.650. The number of halogens is 1. The number of ether oxygens (including phenoxy) is 1. The first kappa shape index (κ1) is 14.9. The molecule has 1 amide bonds. The quantitative estimate of drug-likeness (QED) is 0.823. The normalized spacial score (nSPS) is 18.0. The zero-order chi connectivity index (χ0) is 13.7. The van der Waals surface area contributed by atoms with Crippen LogP contribution in [0.15, 0.2) is 11.4 Å². The van der Waals surface area contributed by atoms with Crippen LogP contribution in [-0.4, -0.2) is 24.9 Å². The SMILES string of the molecule is COc1ccsc1C(=O)NCC1(CBr)CCCCC1. The van der Waals surface area contributed by atoms with Gasteiger partial charge in [-0.15, -0.1) is 11.3 Å². The number of amides is 1. The Morgan fingerprint density at radius 2 is 2.21 bits per heavy atom. The molecule has 0 aliphatic heterocycles. The maximum Gasteiger partial charge on any atom is 0.265 e. The van der Waals surface area contributed by atoms with Crippen molar-refractivity contribution in [3.63, 3.8) is 0 Å². The molecule has 106 valence electrons. The molecule has 0 aromatic carbocycles. The number of hydrogen-bond acceptors (Lipinski definition) is 3. The minimum atomic E-state index is -0.0160. The van der Waals surface area contributed by atoms with Gasteiger partial charge in [-0.1, -0.05) is 35.2 Å². The highest BCUT2D eigenvalue weighted by Gasteiger charge is 2.31. The van der Waals surface area contributed by atoms with Gasteiger partial charge in [0.05, 0.1) is 7.11 Å². The molecule has 1 N–H and O–H groups in total. The van der Waals surface area contributed by atoms with Gasteiger partial charge >= 0.3 is 0 Å². The second-order valence-electron chi connectivity index (χ2n) is 5.20. The molecule has 0 radical (unpaired) electrons. The van der Waals surface area contributed by atoms with Gasteiger partial charge in [0.2, 0.25) is 0 Å². The first-order chi connectivity index (χ1) is 9.21. The Hall–Kier alpha value is -0.550. The van der Waals surface area contributed by atoms with Gasteiger partial charge in [-0.25, -0.2) is 0 Å². The molecule has 3 nitrogen and oxygen atoms in total. The number of hydrogen-bond donors (Lipinski definition) is 1. The van der Waals surface area contributed by atoms with Gasteiger partial charge in [-0.05, 0) is 29.7 Å². The van der Waals surface area contributed by atoms with Gasteiger partial charge < -0.3 is 10.1 Å². The fourth-order valence-corrected chi connectivity index (χ4v) is 4.16. The summed E-state index contributed by atoms with van der Waals surface area (Å²) in [5, 5.41) is 5.93. The van der Waals surface area contributed by atoms with Crippen molar-refractivity contribution in [2.75, 3.05) is 19.0 Å². The highest BCUT2D eigenvalue weighted by molar-refractivity contribution is 9.09. The molecule has 0 atom stereocenters. The van der Waals surface area contributed by atoms with E-state index in [1.54, 1.807) is 7.11 Å². The topological polar surface area (TPSA) is 38.3 Å². The van der Waals surface area contributed by atoms with Crippen LogP contribution in [0.4, 0.5) is 0 Å². The van der Waals surface area contributed by atoms with E-state index in [1.807, 2.05) is 11.4 Å². The lowest BCUT2D eigenvalue weighted by Gasteiger charge is -2.35. The second kappa shape index (κ2) is 6.75. The van der Waals surface area contributed by atoms with E-state index in [9.17, 15) is 4.79 Å². The van der Waals surface area contributed by atoms with Gasteiger partial charge in [0.1, 0.15) is 10.6 Å². The Balaban J connectivity index is 1.95. The van der Waals surface area contributed by atoms with Crippen LogP contribution in [0.3, 0.4) is 0 Å². The molecule has 1 aromatic heterocycles. The highest BCUT2D eigenvalue weighted by atomic mass is 79.9. The number of carbonyl (C=O) groups excluding carboxylic acids is 1. The Morgan fingerprint density at radius 3 is 2.84 bits per heavy atom. The molecule has 0 bridgehead atoms. The van der Waals surface area contributed by atoms with E-state index in [2.05, 4.69) is 21.2 Å². The lowest BCUT2D eigenvalue weighted by molar-refractivity contribution is 0.0923. The van der Waals surface area contributed by atoms with Crippen molar-refractivity contribution in [2.24, 2.45) is 5.41 Å². The van der Waals surface area contributed by atoms with E-state index in [-0.39, 0.29) is 11.3 Å². The number of methoxy groups -OCH3 is 1. The molecular weight excluding hydrogens is 326 g/mol. The van der Waals surface area contributed by atoms with Gasteiger partial charge in [-0.2, -0.15) is 0 Å². The van der Waals surface area contributed by atoms with Crippen molar-refractivity contribution in [3.05, 3.63) is 16.3 Å². The third kappa shape index (κ3) is 3.51. The number of alkyl halides is 1. The van der Waals surface area contributed by atoms with Crippen LogP contribution in [-0.2, 0) is 0 Å². The molecular formula is C14H20BrNO2S. The second-order valence-corrected chi connectivity index (χ2v) is 6.67. The Morgan fingerprint density at radius 1 is 1.47 bits per heavy atom. The van der Waals surface area contributed by atoms with Crippen LogP contribution in [0.5, 0.6) is 5.75 Å². The van der Waals surface area contributed by atoms with Crippen LogP contribution in [0.1, 0.15) is 41.8 Å². The predicted octanol–water partition coefficient (Wildman–Crippen LogP) is 3.83. The fraction of sp³-hybridized carbons (Fsp3) is 0.643. The standard InChI is InChI=1S/C14H20BrNO2S/c1-18-11-5-8-19-12(11)13(17)16-10-14(9-15)6-3-2-4-7-14/h5,8H,2-4,6-7,9-10H2,1H3,(H,16,17). The van der Waals surface area contributed by atoms with Crippen molar-refractivity contribution in [1.82, 2.24) is 5.32 Å². The lowest BCUT2D eigenvalue weighted by Crippen LogP contribution is -2.40. The maximum atomic E-state index is 12.2. The summed E-state index contributed by atoms with van der Waals surface area (Å²) in [6.07, 6.45) is 6.25. The van der Waals surface area contributed by atoms with Crippen LogP contribution in [0.2, 0.25) is 0 Å². The number of nitrogens with one attached hydrogen (secondary N) is 1. The average Bonchev–Trinajstić information content (AvgIpc) is 2.94. The molecule has 2 rings (SSSR count). The smallest absolute Gasteiger partial charge is 0.265 e. The summed E-state index contributed by atoms with van der Waals surface area (Å²) >= 11 is 5.05. The van der Waals surface area contributed by atoms with E-state index in [0.29, 0.717) is 10.6 Å². The van der Waals surface area contributed by atoms with E-state index in [4.69, 9.17) is 4.74 Å². The Kier molecular flexibility index (Phi) is 5.28. The van der Waals surface area contributed by atoms with E-state index in [0.717, 1.165) is 11.9 Å². The van der Waals surface area contributed by atoms with Gasteiger partial charge in [-0.3, -0.25) is 4.79 Å².